The summed E-state index contributed by atoms with van der Waals surface area (Å²) in [5, 5.41) is 8.51. The molecule has 0 saturated heterocycles. The number of aryl methyl sites for hydroxylation is 1. The van der Waals surface area contributed by atoms with E-state index in [0.717, 1.165) is 22.3 Å². The minimum atomic E-state index is -3.86. The van der Waals surface area contributed by atoms with Crippen molar-refractivity contribution in [1.29, 1.82) is 0 Å². The Morgan fingerprint density at radius 2 is 2.00 bits per heavy atom. The molecule has 0 saturated carbocycles. The van der Waals surface area contributed by atoms with Gasteiger partial charge in [0.1, 0.15) is 0 Å². The van der Waals surface area contributed by atoms with E-state index in [0.29, 0.717) is 5.69 Å². The van der Waals surface area contributed by atoms with Crippen LogP contribution in [0.15, 0.2) is 46.0 Å². The number of nitrogens with zero attached hydrogens (tertiary/aromatic N) is 1. The molecule has 110 valence electrons. The molecule has 0 aliphatic carbocycles. The van der Waals surface area contributed by atoms with Gasteiger partial charge >= 0.3 is 5.97 Å². The zero-order valence-electron chi connectivity index (χ0n) is 10.9. The molecule has 0 radical (unpaired) electrons. The van der Waals surface area contributed by atoms with Gasteiger partial charge in [-0.25, -0.2) is 9.78 Å². The Morgan fingerprint density at radius 1 is 1.29 bits per heavy atom. The first kappa shape index (κ1) is 15.5. The highest BCUT2D eigenvalue weighted by atomic mass is 79.9. The summed E-state index contributed by atoms with van der Waals surface area (Å²) in [6, 6.07) is 7.37. The number of aromatic nitrogens is 1. The molecule has 2 rings (SSSR count). The van der Waals surface area contributed by atoms with Crippen molar-refractivity contribution in [2.75, 3.05) is 4.72 Å². The van der Waals surface area contributed by atoms with Crippen LogP contribution in [0.5, 0.6) is 0 Å². The van der Waals surface area contributed by atoms with Crippen LogP contribution in [0.2, 0.25) is 0 Å². The molecule has 0 aliphatic rings. The van der Waals surface area contributed by atoms with E-state index in [9.17, 15) is 13.2 Å². The molecule has 0 atom stereocenters. The molecule has 0 unspecified atom stereocenters. The summed E-state index contributed by atoms with van der Waals surface area (Å²) < 4.78 is 27.4. The quantitative estimate of drug-likeness (QED) is 0.862. The predicted octanol–water partition coefficient (Wildman–Crippen LogP) is 2.65. The molecule has 1 aromatic carbocycles. The highest BCUT2D eigenvalue weighted by molar-refractivity contribution is 9.10. The zero-order chi connectivity index (χ0) is 15.6. The highest BCUT2D eigenvalue weighted by Crippen LogP contribution is 2.22. The van der Waals surface area contributed by atoms with E-state index in [4.69, 9.17) is 5.11 Å². The minimum absolute atomic E-state index is 0.0768. The van der Waals surface area contributed by atoms with Gasteiger partial charge in [-0.15, -0.1) is 0 Å². The first-order valence-corrected chi connectivity index (χ1v) is 8.05. The summed E-state index contributed by atoms with van der Waals surface area (Å²) in [6.45, 7) is 1.88. The molecule has 6 nitrogen and oxygen atoms in total. The van der Waals surface area contributed by atoms with Crippen molar-refractivity contribution in [1.82, 2.24) is 4.98 Å². The molecule has 1 heterocycles. The van der Waals surface area contributed by atoms with Gasteiger partial charge in [0, 0.05) is 10.7 Å². The molecule has 2 N–H and O–H groups in total. The first-order valence-electron chi connectivity index (χ1n) is 5.78. The maximum Gasteiger partial charge on any atom is 0.337 e. The van der Waals surface area contributed by atoms with E-state index in [1.807, 2.05) is 6.92 Å². The minimum Gasteiger partial charge on any atom is -0.478 e. The number of sulfonamides is 1. The molecule has 0 spiro atoms. The Kier molecular flexibility index (Phi) is 4.29. The van der Waals surface area contributed by atoms with Crippen molar-refractivity contribution >= 4 is 37.6 Å². The summed E-state index contributed by atoms with van der Waals surface area (Å²) in [4.78, 5) is 14.4. The third-order valence-electron chi connectivity index (χ3n) is 2.68. The van der Waals surface area contributed by atoms with E-state index >= 15 is 0 Å². The van der Waals surface area contributed by atoms with Gasteiger partial charge in [0.2, 0.25) is 0 Å². The van der Waals surface area contributed by atoms with Gasteiger partial charge in [-0.2, -0.15) is 8.42 Å². The summed E-state index contributed by atoms with van der Waals surface area (Å²) in [7, 11) is -3.86. The number of nitrogens with one attached hydrogen (secondary N) is 1. The number of hydrogen-bond donors (Lipinski definition) is 2. The van der Waals surface area contributed by atoms with Crippen molar-refractivity contribution in [3.05, 3.63) is 52.1 Å². The average molecular weight is 371 g/mol. The topological polar surface area (TPSA) is 96.4 Å². The van der Waals surface area contributed by atoms with Crippen LogP contribution in [0.1, 0.15) is 15.9 Å². The number of carboxylic acids is 1. The maximum atomic E-state index is 12.1. The fraction of sp³-hybridized carbons (Fsp3) is 0.0769. The second kappa shape index (κ2) is 5.82. The number of benzene rings is 1. The van der Waals surface area contributed by atoms with Gasteiger partial charge in [0.15, 0.2) is 5.03 Å². The molecule has 1 aromatic heterocycles. The van der Waals surface area contributed by atoms with Crippen molar-refractivity contribution in [2.45, 2.75) is 11.9 Å². The van der Waals surface area contributed by atoms with Crippen LogP contribution in [0.3, 0.4) is 0 Å². The van der Waals surface area contributed by atoms with Gasteiger partial charge in [-0.3, -0.25) is 4.72 Å². The largest absolute Gasteiger partial charge is 0.478 e. The van der Waals surface area contributed by atoms with Crippen LogP contribution in [0.25, 0.3) is 0 Å². The Bertz CT molecular complexity index is 788. The van der Waals surface area contributed by atoms with E-state index in [1.54, 1.807) is 18.2 Å². The van der Waals surface area contributed by atoms with E-state index in [-0.39, 0.29) is 10.6 Å². The molecule has 8 heteroatoms. The molecular formula is C13H11BrN2O4S. The molecule has 2 aromatic rings. The van der Waals surface area contributed by atoms with Crippen LogP contribution < -0.4 is 4.72 Å². The number of pyridine rings is 1. The van der Waals surface area contributed by atoms with E-state index < -0.39 is 16.0 Å². The van der Waals surface area contributed by atoms with E-state index in [1.165, 1.54) is 6.07 Å². The van der Waals surface area contributed by atoms with Gasteiger partial charge in [-0.05, 0) is 36.8 Å². The van der Waals surface area contributed by atoms with E-state index in [2.05, 4.69) is 25.6 Å². The third-order valence-corrected chi connectivity index (χ3v) is 4.83. The average Bonchev–Trinajstić information content (AvgIpc) is 2.43. The lowest BCUT2D eigenvalue weighted by Crippen LogP contribution is -2.15. The Morgan fingerprint density at radius 3 is 2.52 bits per heavy atom. The number of anilines is 1. The highest BCUT2D eigenvalue weighted by Gasteiger charge is 2.17. The summed E-state index contributed by atoms with van der Waals surface area (Å²) >= 11 is 3.32. The molecule has 0 aliphatic heterocycles. The van der Waals surface area contributed by atoms with Crippen LogP contribution in [0, 0.1) is 6.92 Å². The fourth-order valence-corrected chi connectivity index (χ4v) is 2.89. The number of rotatable bonds is 4. The second-order valence-electron chi connectivity index (χ2n) is 4.26. The molecular weight excluding hydrogens is 360 g/mol. The third kappa shape index (κ3) is 3.59. The Hall–Kier alpha value is -1.93. The fourth-order valence-electron chi connectivity index (χ4n) is 1.53. The number of aromatic carboxylic acids is 1. The lowest BCUT2D eigenvalue weighted by molar-refractivity contribution is 0.0696. The molecule has 0 bridgehead atoms. The number of hydrogen-bond acceptors (Lipinski definition) is 4. The normalized spacial score (nSPS) is 11.1. The number of halogens is 1. The van der Waals surface area contributed by atoms with Crippen molar-refractivity contribution < 1.29 is 18.3 Å². The standard InChI is InChI=1S/C13H11BrN2O4S/c1-8-2-4-10(6-11(8)14)16-21(19,20)12-5-3-9(7-15-12)13(17)18/h2-7,16H,1H3,(H,17,18). The SMILES string of the molecule is Cc1ccc(NS(=O)(=O)c2ccc(C(=O)O)cn2)cc1Br. The van der Waals surface area contributed by atoms with Crippen LogP contribution in [-0.2, 0) is 10.0 Å². The van der Waals surface area contributed by atoms with Crippen molar-refractivity contribution in [2.24, 2.45) is 0 Å². The summed E-state index contributed by atoms with van der Waals surface area (Å²) in [6.07, 6.45) is 1.00. The number of carboxylic acid groups (broad SMARTS) is 1. The van der Waals surface area contributed by atoms with Gasteiger partial charge < -0.3 is 5.11 Å². The van der Waals surface area contributed by atoms with Gasteiger partial charge in [0.25, 0.3) is 10.0 Å². The summed E-state index contributed by atoms with van der Waals surface area (Å²) in [5.74, 6) is -1.16. The van der Waals surface area contributed by atoms with Crippen molar-refractivity contribution in [3.63, 3.8) is 0 Å². The lowest BCUT2D eigenvalue weighted by Gasteiger charge is -2.08. The second-order valence-corrected chi connectivity index (χ2v) is 6.74. The molecule has 0 amide bonds. The lowest BCUT2D eigenvalue weighted by atomic mass is 10.2. The molecule has 0 fully saturated rings. The Balaban J connectivity index is 2.29. The van der Waals surface area contributed by atoms with Crippen LogP contribution in [0.4, 0.5) is 5.69 Å². The predicted molar refractivity (Wildman–Crippen MR) is 80.9 cm³/mol. The monoisotopic (exact) mass is 370 g/mol. The van der Waals surface area contributed by atoms with Crippen molar-refractivity contribution in [3.8, 4) is 0 Å². The Labute approximate surface area is 130 Å². The molecule has 21 heavy (non-hydrogen) atoms. The first-order chi connectivity index (χ1) is 9.79. The zero-order valence-corrected chi connectivity index (χ0v) is 13.3. The van der Waals surface area contributed by atoms with Gasteiger partial charge in [0.05, 0.1) is 11.3 Å². The maximum absolute atomic E-state index is 12.1. The smallest absolute Gasteiger partial charge is 0.337 e. The van der Waals surface area contributed by atoms with Gasteiger partial charge in [-0.1, -0.05) is 22.0 Å². The summed E-state index contributed by atoms with van der Waals surface area (Å²) in [5.41, 5.74) is 1.28. The van der Waals surface area contributed by atoms with Crippen LogP contribution >= 0.6 is 15.9 Å². The van der Waals surface area contributed by atoms with Crippen LogP contribution in [-0.4, -0.2) is 24.5 Å². The number of carbonyl (C=O) groups is 1.